The fourth-order valence-corrected chi connectivity index (χ4v) is 1.48. The van der Waals surface area contributed by atoms with Crippen molar-refractivity contribution in [3.63, 3.8) is 0 Å². The molecular weight excluding hydrogens is 206 g/mol. The third-order valence-corrected chi connectivity index (χ3v) is 2.67. The Labute approximate surface area is 98.4 Å². The molecule has 0 saturated heterocycles. The van der Waals surface area contributed by atoms with Crippen molar-refractivity contribution in [2.75, 3.05) is 13.7 Å². The minimum atomic E-state index is -0.281. The van der Waals surface area contributed by atoms with Gasteiger partial charge in [-0.3, -0.25) is 4.79 Å². The number of nitrogens with one attached hydrogen (secondary N) is 1. The van der Waals surface area contributed by atoms with Crippen LogP contribution in [0.15, 0.2) is 0 Å². The summed E-state index contributed by atoms with van der Waals surface area (Å²) in [5.41, 5.74) is 0. The standard InChI is InChI=1S/C12H25NO3/c1-4-6-7-11(12(15)16-3)13-9-8-10(14)5-2/h10-11,13-14H,4-9H2,1-3H3. The van der Waals surface area contributed by atoms with Crippen LogP contribution < -0.4 is 5.32 Å². The molecule has 2 N–H and O–H groups in total. The number of ether oxygens (including phenoxy) is 1. The molecule has 2 atom stereocenters. The molecule has 0 aliphatic carbocycles. The molecule has 0 aliphatic heterocycles. The zero-order chi connectivity index (χ0) is 12.4. The van der Waals surface area contributed by atoms with Crippen molar-refractivity contribution in [3.05, 3.63) is 0 Å². The van der Waals surface area contributed by atoms with Gasteiger partial charge >= 0.3 is 5.97 Å². The highest BCUT2D eigenvalue weighted by atomic mass is 16.5. The fourth-order valence-electron chi connectivity index (χ4n) is 1.48. The number of aliphatic hydroxyl groups is 1. The summed E-state index contributed by atoms with van der Waals surface area (Å²) in [7, 11) is 1.41. The zero-order valence-electron chi connectivity index (χ0n) is 10.7. The maximum atomic E-state index is 11.4. The van der Waals surface area contributed by atoms with Gasteiger partial charge in [-0.25, -0.2) is 0 Å². The number of hydrogen-bond donors (Lipinski definition) is 2. The fraction of sp³-hybridized carbons (Fsp3) is 0.917. The second kappa shape index (κ2) is 9.60. The summed E-state index contributed by atoms with van der Waals surface area (Å²) in [4.78, 5) is 11.4. The first-order valence-electron chi connectivity index (χ1n) is 6.14. The number of hydrogen-bond acceptors (Lipinski definition) is 4. The van der Waals surface area contributed by atoms with E-state index in [9.17, 15) is 9.90 Å². The van der Waals surface area contributed by atoms with Gasteiger partial charge in [-0.2, -0.15) is 0 Å². The molecule has 0 aromatic heterocycles. The molecule has 4 nitrogen and oxygen atoms in total. The molecule has 0 heterocycles. The molecule has 0 spiro atoms. The van der Waals surface area contributed by atoms with E-state index in [0.717, 1.165) is 25.7 Å². The summed E-state index contributed by atoms with van der Waals surface area (Å²) in [6, 6.07) is -0.228. The molecule has 4 heteroatoms. The van der Waals surface area contributed by atoms with Gasteiger partial charge in [0.05, 0.1) is 13.2 Å². The van der Waals surface area contributed by atoms with Crippen LogP contribution in [0.3, 0.4) is 0 Å². The van der Waals surface area contributed by atoms with E-state index in [2.05, 4.69) is 12.2 Å². The van der Waals surface area contributed by atoms with Gasteiger partial charge in [0.2, 0.25) is 0 Å². The van der Waals surface area contributed by atoms with Gasteiger partial charge in [-0.15, -0.1) is 0 Å². The molecule has 0 rings (SSSR count). The lowest BCUT2D eigenvalue weighted by atomic mass is 10.1. The summed E-state index contributed by atoms with van der Waals surface area (Å²) in [6.07, 6.45) is 4.01. The molecule has 96 valence electrons. The monoisotopic (exact) mass is 231 g/mol. The first kappa shape index (κ1) is 15.4. The maximum Gasteiger partial charge on any atom is 0.322 e. The highest BCUT2D eigenvalue weighted by Gasteiger charge is 2.17. The van der Waals surface area contributed by atoms with Crippen molar-refractivity contribution < 1.29 is 14.6 Å². The van der Waals surface area contributed by atoms with Crippen molar-refractivity contribution in [3.8, 4) is 0 Å². The Morgan fingerprint density at radius 1 is 1.38 bits per heavy atom. The largest absolute Gasteiger partial charge is 0.468 e. The molecule has 0 saturated carbocycles. The van der Waals surface area contributed by atoms with Crippen LogP contribution in [0, 0.1) is 0 Å². The second-order valence-electron chi connectivity index (χ2n) is 4.02. The summed E-state index contributed by atoms with van der Waals surface area (Å²) < 4.78 is 4.73. The van der Waals surface area contributed by atoms with Crippen molar-refractivity contribution in [2.24, 2.45) is 0 Å². The van der Waals surface area contributed by atoms with E-state index in [0.29, 0.717) is 13.0 Å². The van der Waals surface area contributed by atoms with Crippen LogP contribution >= 0.6 is 0 Å². The minimum Gasteiger partial charge on any atom is -0.468 e. The highest BCUT2D eigenvalue weighted by Crippen LogP contribution is 2.03. The van der Waals surface area contributed by atoms with E-state index < -0.39 is 0 Å². The first-order chi connectivity index (χ1) is 7.65. The van der Waals surface area contributed by atoms with Crippen LogP contribution in [0.2, 0.25) is 0 Å². The third kappa shape index (κ3) is 6.80. The Morgan fingerprint density at radius 2 is 2.06 bits per heavy atom. The number of carbonyl (C=O) groups is 1. The minimum absolute atomic E-state index is 0.209. The number of esters is 1. The predicted molar refractivity (Wildman–Crippen MR) is 64.2 cm³/mol. The smallest absolute Gasteiger partial charge is 0.322 e. The average Bonchev–Trinajstić information content (AvgIpc) is 2.32. The molecular formula is C12H25NO3. The lowest BCUT2D eigenvalue weighted by Crippen LogP contribution is -2.39. The molecule has 0 fully saturated rings. The summed E-state index contributed by atoms with van der Waals surface area (Å²) in [5.74, 6) is -0.209. The highest BCUT2D eigenvalue weighted by molar-refractivity contribution is 5.75. The molecule has 0 aromatic carbocycles. The van der Waals surface area contributed by atoms with Crippen LogP contribution in [0.1, 0.15) is 46.0 Å². The predicted octanol–water partition coefficient (Wildman–Crippen LogP) is 1.47. The summed E-state index contributed by atoms with van der Waals surface area (Å²) >= 11 is 0. The van der Waals surface area contributed by atoms with E-state index in [1.165, 1.54) is 7.11 Å². The average molecular weight is 231 g/mol. The van der Waals surface area contributed by atoms with Crippen molar-refractivity contribution in [1.29, 1.82) is 0 Å². The Hall–Kier alpha value is -0.610. The van der Waals surface area contributed by atoms with Gasteiger partial charge in [0, 0.05) is 0 Å². The van der Waals surface area contributed by atoms with Gasteiger partial charge in [0.25, 0.3) is 0 Å². The third-order valence-electron chi connectivity index (χ3n) is 2.67. The zero-order valence-corrected chi connectivity index (χ0v) is 10.7. The quantitative estimate of drug-likeness (QED) is 0.590. The van der Waals surface area contributed by atoms with Gasteiger partial charge in [0.1, 0.15) is 6.04 Å². The summed E-state index contributed by atoms with van der Waals surface area (Å²) in [5, 5.41) is 12.5. The van der Waals surface area contributed by atoms with E-state index in [4.69, 9.17) is 4.74 Å². The van der Waals surface area contributed by atoms with E-state index >= 15 is 0 Å². The van der Waals surface area contributed by atoms with Crippen LogP contribution in [0.4, 0.5) is 0 Å². The summed E-state index contributed by atoms with van der Waals surface area (Å²) in [6.45, 7) is 4.69. The molecule has 0 radical (unpaired) electrons. The second-order valence-corrected chi connectivity index (χ2v) is 4.02. The van der Waals surface area contributed by atoms with Gasteiger partial charge in [-0.05, 0) is 25.8 Å². The maximum absolute atomic E-state index is 11.4. The Balaban J connectivity index is 3.86. The molecule has 0 aromatic rings. The molecule has 16 heavy (non-hydrogen) atoms. The van der Waals surface area contributed by atoms with Crippen LogP contribution in [-0.2, 0) is 9.53 Å². The molecule has 2 unspecified atom stereocenters. The molecule has 0 aliphatic rings. The number of aliphatic hydroxyl groups excluding tert-OH is 1. The van der Waals surface area contributed by atoms with E-state index in [-0.39, 0.29) is 18.1 Å². The number of carbonyl (C=O) groups excluding carboxylic acids is 1. The lowest BCUT2D eigenvalue weighted by Gasteiger charge is -2.17. The normalized spacial score (nSPS) is 14.5. The van der Waals surface area contributed by atoms with Crippen LogP contribution in [0.5, 0.6) is 0 Å². The molecule has 0 amide bonds. The molecule has 0 bridgehead atoms. The SMILES string of the molecule is CCCCC(NCCC(O)CC)C(=O)OC. The van der Waals surface area contributed by atoms with Gasteiger partial charge in [-0.1, -0.05) is 26.7 Å². The van der Waals surface area contributed by atoms with E-state index in [1.54, 1.807) is 0 Å². The van der Waals surface area contributed by atoms with Crippen molar-refractivity contribution >= 4 is 5.97 Å². The number of methoxy groups -OCH3 is 1. The van der Waals surface area contributed by atoms with Crippen molar-refractivity contribution in [1.82, 2.24) is 5.32 Å². The Morgan fingerprint density at radius 3 is 2.56 bits per heavy atom. The van der Waals surface area contributed by atoms with Crippen molar-refractivity contribution in [2.45, 2.75) is 58.1 Å². The first-order valence-corrected chi connectivity index (χ1v) is 6.14. The van der Waals surface area contributed by atoms with Crippen LogP contribution in [0.25, 0.3) is 0 Å². The number of unbranched alkanes of at least 4 members (excludes halogenated alkanes) is 1. The lowest BCUT2D eigenvalue weighted by molar-refractivity contribution is -0.143. The number of rotatable bonds is 9. The topological polar surface area (TPSA) is 58.6 Å². The Kier molecular flexibility index (Phi) is 9.24. The van der Waals surface area contributed by atoms with E-state index in [1.807, 2.05) is 6.92 Å². The Bertz CT molecular complexity index is 185. The van der Waals surface area contributed by atoms with Gasteiger partial charge < -0.3 is 15.2 Å². The van der Waals surface area contributed by atoms with Gasteiger partial charge in [0.15, 0.2) is 0 Å². The van der Waals surface area contributed by atoms with Crippen LogP contribution in [-0.4, -0.2) is 36.9 Å².